The Bertz CT molecular complexity index is 358. The van der Waals surface area contributed by atoms with Crippen molar-refractivity contribution in [2.45, 2.75) is 46.0 Å². The third-order valence-corrected chi connectivity index (χ3v) is 2.44. The van der Waals surface area contributed by atoms with E-state index in [1.807, 2.05) is 6.92 Å². The number of aromatic nitrogens is 1. The number of carbonyl (C=O) groups is 1. The lowest BCUT2D eigenvalue weighted by Gasteiger charge is -2.15. The number of carboxylic acids is 1. The Kier molecular flexibility index (Phi) is 3.22. The Morgan fingerprint density at radius 2 is 2.07 bits per heavy atom. The summed E-state index contributed by atoms with van der Waals surface area (Å²) in [6, 6.07) is 1.76. The Morgan fingerprint density at radius 3 is 2.47 bits per heavy atom. The molecule has 0 aliphatic heterocycles. The lowest BCUT2D eigenvalue weighted by Crippen LogP contribution is -2.11. The maximum absolute atomic E-state index is 11.0. The summed E-state index contributed by atoms with van der Waals surface area (Å²) in [7, 11) is 0. The average Bonchev–Trinajstić information content (AvgIpc) is 2.48. The van der Waals surface area contributed by atoms with E-state index in [0.29, 0.717) is 5.56 Å². The molecule has 1 aromatic heterocycles. The number of nitrogens with one attached hydrogen (secondary N) is 1. The van der Waals surface area contributed by atoms with Crippen molar-refractivity contribution in [1.29, 1.82) is 0 Å². The zero-order chi connectivity index (χ0) is 11.6. The standard InChI is InChI=1S/C12H19NO2/c1-5-6-9-8(11(14)15)7-10(13-9)12(2,3)4/h7,13H,5-6H2,1-4H3,(H,14,15). The van der Waals surface area contributed by atoms with Gasteiger partial charge >= 0.3 is 5.97 Å². The normalized spacial score (nSPS) is 11.7. The summed E-state index contributed by atoms with van der Waals surface area (Å²) < 4.78 is 0. The fourth-order valence-corrected chi connectivity index (χ4v) is 1.54. The van der Waals surface area contributed by atoms with Crippen molar-refractivity contribution in [3.63, 3.8) is 0 Å². The minimum Gasteiger partial charge on any atom is -0.478 e. The number of rotatable bonds is 3. The van der Waals surface area contributed by atoms with Crippen molar-refractivity contribution in [2.24, 2.45) is 0 Å². The first-order valence-corrected chi connectivity index (χ1v) is 5.32. The van der Waals surface area contributed by atoms with Crippen LogP contribution in [0.3, 0.4) is 0 Å². The second-order valence-electron chi connectivity index (χ2n) is 4.88. The highest BCUT2D eigenvalue weighted by molar-refractivity contribution is 5.89. The van der Waals surface area contributed by atoms with Crippen LogP contribution in [0, 0.1) is 0 Å². The summed E-state index contributed by atoms with van der Waals surface area (Å²) >= 11 is 0. The lowest BCUT2D eigenvalue weighted by atomic mass is 9.92. The predicted octanol–water partition coefficient (Wildman–Crippen LogP) is 2.96. The van der Waals surface area contributed by atoms with E-state index < -0.39 is 5.97 Å². The smallest absolute Gasteiger partial charge is 0.337 e. The van der Waals surface area contributed by atoms with Crippen molar-refractivity contribution >= 4 is 5.97 Å². The van der Waals surface area contributed by atoms with Crippen LogP contribution in [0.2, 0.25) is 0 Å². The monoisotopic (exact) mass is 209 g/mol. The fraction of sp³-hybridized carbons (Fsp3) is 0.583. The van der Waals surface area contributed by atoms with Gasteiger partial charge in [0.25, 0.3) is 0 Å². The average molecular weight is 209 g/mol. The van der Waals surface area contributed by atoms with E-state index in [-0.39, 0.29) is 5.41 Å². The first-order chi connectivity index (χ1) is 6.86. The molecule has 3 heteroatoms. The molecule has 84 valence electrons. The van der Waals surface area contributed by atoms with Gasteiger partial charge in [-0.05, 0) is 12.5 Å². The number of aryl methyl sites for hydroxylation is 1. The SMILES string of the molecule is CCCc1[nH]c(C(C)(C)C)cc1C(=O)O. The van der Waals surface area contributed by atoms with Crippen LogP contribution < -0.4 is 0 Å². The number of aromatic amines is 1. The molecule has 0 aliphatic rings. The largest absolute Gasteiger partial charge is 0.478 e. The van der Waals surface area contributed by atoms with E-state index in [4.69, 9.17) is 5.11 Å². The summed E-state index contributed by atoms with van der Waals surface area (Å²) in [5, 5.41) is 9.05. The van der Waals surface area contributed by atoms with Crippen LogP contribution in [0.5, 0.6) is 0 Å². The predicted molar refractivity (Wildman–Crippen MR) is 60.4 cm³/mol. The van der Waals surface area contributed by atoms with Gasteiger partial charge in [0.1, 0.15) is 0 Å². The second-order valence-corrected chi connectivity index (χ2v) is 4.88. The molecule has 1 aromatic rings. The third kappa shape index (κ3) is 2.61. The van der Waals surface area contributed by atoms with Gasteiger partial charge < -0.3 is 10.1 Å². The van der Waals surface area contributed by atoms with Crippen LogP contribution in [0.1, 0.15) is 55.9 Å². The zero-order valence-corrected chi connectivity index (χ0v) is 9.85. The van der Waals surface area contributed by atoms with E-state index in [1.165, 1.54) is 0 Å². The molecule has 0 radical (unpaired) electrons. The van der Waals surface area contributed by atoms with Gasteiger partial charge in [-0.25, -0.2) is 4.79 Å². The fourth-order valence-electron chi connectivity index (χ4n) is 1.54. The van der Waals surface area contributed by atoms with Crippen LogP contribution in [-0.2, 0) is 11.8 Å². The number of aromatic carboxylic acids is 1. The Balaban J connectivity index is 3.15. The highest BCUT2D eigenvalue weighted by Crippen LogP contribution is 2.24. The molecule has 1 heterocycles. The number of hydrogen-bond donors (Lipinski definition) is 2. The summed E-state index contributed by atoms with van der Waals surface area (Å²) in [6.45, 7) is 8.25. The Morgan fingerprint density at radius 1 is 1.47 bits per heavy atom. The summed E-state index contributed by atoms with van der Waals surface area (Å²) in [5.74, 6) is -0.842. The van der Waals surface area contributed by atoms with Gasteiger partial charge in [-0.2, -0.15) is 0 Å². The molecule has 0 aliphatic carbocycles. The molecule has 0 saturated carbocycles. The van der Waals surface area contributed by atoms with E-state index in [9.17, 15) is 4.79 Å². The molecule has 1 rings (SSSR count). The molecule has 0 saturated heterocycles. The van der Waals surface area contributed by atoms with E-state index >= 15 is 0 Å². The molecular weight excluding hydrogens is 190 g/mol. The van der Waals surface area contributed by atoms with Gasteiger partial charge in [0.05, 0.1) is 5.56 Å². The minimum absolute atomic E-state index is 0.0316. The van der Waals surface area contributed by atoms with Crippen LogP contribution in [0.15, 0.2) is 6.07 Å². The molecule has 0 unspecified atom stereocenters. The maximum atomic E-state index is 11.0. The molecule has 0 atom stereocenters. The highest BCUT2D eigenvalue weighted by atomic mass is 16.4. The lowest BCUT2D eigenvalue weighted by molar-refractivity contribution is 0.0696. The number of H-pyrrole nitrogens is 1. The van der Waals surface area contributed by atoms with E-state index in [2.05, 4.69) is 25.8 Å². The van der Waals surface area contributed by atoms with Gasteiger partial charge in [0, 0.05) is 16.8 Å². The molecule has 0 spiro atoms. The van der Waals surface area contributed by atoms with Crippen molar-refractivity contribution < 1.29 is 9.90 Å². The molecule has 0 bridgehead atoms. The molecule has 15 heavy (non-hydrogen) atoms. The second kappa shape index (κ2) is 4.09. The summed E-state index contributed by atoms with van der Waals surface area (Å²) in [6.07, 6.45) is 1.74. The molecule has 0 aromatic carbocycles. The number of hydrogen-bond acceptors (Lipinski definition) is 1. The topological polar surface area (TPSA) is 53.1 Å². The Hall–Kier alpha value is -1.25. The Labute approximate surface area is 90.5 Å². The van der Waals surface area contributed by atoms with Gasteiger partial charge in [0.2, 0.25) is 0 Å². The molecular formula is C12H19NO2. The molecule has 0 amide bonds. The quantitative estimate of drug-likeness (QED) is 0.804. The first kappa shape index (κ1) is 11.8. The summed E-state index contributed by atoms with van der Waals surface area (Å²) in [4.78, 5) is 14.2. The zero-order valence-electron chi connectivity index (χ0n) is 9.85. The number of carboxylic acid groups (broad SMARTS) is 1. The van der Waals surface area contributed by atoms with Crippen LogP contribution in [0.4, 0.5) is 0 Å². The van der Waals surface area contributed by atoms with Crippen molar-refractivity contribution in [2.75, 3.05) is 0 Å². The van der Waals surface area contributed by atoms with Crippen molar-refractivity contribution in [1.82, 2.24) is 4.98 Å². The van der Waals surface area contributed by atoms with Crippen LogP contribution in [-0.4, -0.2) is 16.1 Å². The van der Waals surface area contributed by atoms with Gasteiger partial charge in [-0.3, -0.25) is 0 Å². The first-order valence-electron chi connectivity index (χ1n) is 5.32. The highest BCUT2D eigenvalue weighted by Gasteiger charge is 2.21. The third-order valence-electron chi connectivity index (χ3n) is 2.44. The molecule has 0 fully saturated rings. The van der Waals surface area contributed by atoms with E-state index in [1.54, 1.807) is 6.07 Å². The maximum Gasteiger partial charge on any atom is 0.337 e. The van der Waals surface area contributed by atoms with Crippen LogP contribution >= 0.6 is 0 Å². The van der Waals surface area contributed by atoms with Gasteiger partial charge in [0.15, 0.2) is 0 Å². The molecule has 2 N–H and O–H groups in total. The molecule has 3 nitrogen and oxygen atoms in total. The van der Waals surface area contributed by atoms with Crippen LogP contribution in [0.25, 0.3) is 0 Å². The van der Waals surface area contributed by atoms with Gasteiger partial charge in [-0.15, -0.1) is 0 Å². The van der Waals surface area contributed by atoms with Gasteiger partial charge in [-0.1, -0.05) is 34.1 Å². The minimum atomic E-state index is -0.842. The summed E-state index contributed by atoms with van der Waals surface area (Å²) in [5.41, 5.74) is 2.22. The van der Waals surface area contributed by atoms with Crippen molar-refractivity contribution in [3.05, 3.63) is 23.0 Å². The van der Waals surface area contributed by atoms with E-state index in [0.717, 1.165) is 24.2 Å². The van der Waals surface area contributed by atoms with Crippen molar-refractivity contribution in [3.8, 4) is 0 Å².